The lowest BCUT2D eigenvalue weighted by Crippen LogP contribution is -2.19. The monoisotopic (exact) mass is 335 g/mol. The van der Waals surface area contributed by atoms with E-state index in [2.05, 4.69) is 0 Å². The maximum atomic E-state index is 12.7. The van der Waals surface area contributed by atoms with Crippen LogP contribution < -0.4 is 10.3 Å². The highest BCUT2D eigenvalue weighted by Gasteiger charge is 2.31. The van der Waals surface area contributed by atoms with Gasteiger partial charge in [-0.05, 0) is 12.8 Å². The first kappa shape index (κ1) is 17.4. The molecule has 0 unspecified atom stereocenters. The predicted molar refractivity (Wildman–Crippen MR) is 88.9 cm³/mol. The van der Waals surface area contributed by atoms with Crippen LogP contribution in [0.4, 0.5) is 17.3 Å². The SMILES string of the molecule is Cc1c([N+](=O)[O-])cc(C(C)C)c2oc(N(C)C)c([N+](=O)[O-])c(=O)c12. The minimum absolute atomic E-state index is 0.0570. The molecule has 2 rings (SSSR count). The van der Waals surface area contributed by atoms with Gasteiger partial charge in [-0.25, -0.2) is 0 Å². The van der Waals surface area contributed by atoms with Crippen molar-refractivity contribution in [3.05, 3.63) is 47.6 Å². The van der Waals surface area contributed by atoms with Crippen molar-refractivity contribution in [1.82, 2.24) is 0 Å². The van der Waals surface area contributed by atoms with Crippen LogP contribution in [0.5, 0.6) is 0 Å². The van der Waals surface area contributed by atoms with E-state index in [0.29, 0.717) is 5.56 Å². The summed E-state index contributed by atoms with van der Waals surface area (Å²) in [4.78, 5) is 35.2. The van der Waals surface area contributed by atoms with Gasteiger partial charge < -0.3 is 9.32 Å². The molecule has 0 bridgehead atoms. The van der Waals surface area contributed by atoms with E-state index in [1.807, 2.05) is 0 Å². The van der Waals surface area contributed by atoms with Crippen LogP contribution in [0.3, 0.4) is 0 Å². The molecule has 2 aromatic rings. The van der Waals surface area contributed by atoms with Crippen LogP contribution >= 0.6 is 0 Å². The Bertz CT molecular complexity index is 914. The largest absolute Gasteiger partial charge is 0.434 e. The van der Waals surface area contributed by atoms with Gasteiger partial charge in [0.2, 0.25) is 0 Å². The smallest absolute Gasteiger partial charge is 0.376 e. The fourth-order valence-electron chi connectivity index (χ4n) is 2.59. The van der Waals surface area contributed by atoms with Gasteiger partial charge in [0.15, 0.2) is 0 Å². The Morgan fingerprint density at radius 3 is 2.17 bits per heavy atom. The lowest BCUT2D eigenvalue weighted by atomic mass is 9.96. The van der Waals surface area contributed by atoms with Gasteiger partial charge in [-0.3, -0.25) is 25.0 Å². The average molecular weight is 335 g/mol. The van der Waals surface area contributed by atoms with Crippen molar-refractivity contribution < 1.29 is 14.3 Å². The average Bonchev–Trinajstić information content (AvgIpc) is 2.45. The van der Waals surface area contributed by atoms with E-state index in [-0.39, 0.29) is 34.0 Å². The second-order valence-corrected chi connectivity index (χ2v) is 5.96. The second kappa shape index (κ2) is 5.91. The number of hydrogen-bond acceptors (Lipinski definition) is 7. The van der Waals surface area contributed by atoms with Crippen molar-refractivity contribution in [3.8, 4) is 0 Å². The van der Waals surface area contributed by atoms with Crippen molar-refractivity contribution in [3.63, 3.8) is 0 Å². The summed E-state index contributed by atoms with van der Waals surface area (Å²) in [5, 5.41) is 22.5. The number of benzene rings is 1. The maximum Gasteiger partial charge on any atom is 0.376 e. The van der Waals surface area contributed by atoms with Gasteiger partial charge in [0.1, 0.15) is 5.58 Å². The van der Waals surface area contributed by atoms with Crippen LogP contribution in [0.1, 0.15) is 30.9 Å². The number of aryl methyl sites for hydroxylation is 1. The summed E-state index contributed by atoms with van der Waals surface area (Å²) in [6.45, 7) is 4.98. The summed E-state index contributed by atoms with van der Waals surface area (Å²) in [5.74, 6) is -0.362. The van der Waals surface area contributed by atoms with E-state index in [1.165, 1.54) is 32.0 Å². The van der Waals surface area contributed by atoms with Crippen LogP contribution in [0.2, 0.25) is 0 Å². The van der Waals surface area contributed by atoms with Gasteiger partial charge in [-0.15, -0.1) is 0 Å². The number of nitrogens with zero attached hydrogens (tertiary/aromatic N) is 3. The van der Waals surface area contributed by atoms with E-state index in [1.54, 1.807) is 13.8 Å². The fourth-order valence-corrected chi connectivity index (χ4v) is 2.59. The van der Waals surface area contributed by atoms with Crippen LogP contribution in [0, 0.1) is 27.2 Å². The zero-order valence-electron chi connectivity index (χ0n) is 13.9. The summed E-state index contributed by atoms with van der Waals surface area (Å²) in [6.07, 6.45) is 0. The first-order valence-electron chi connectivity index (χ1n) is 7.18. The quantitative estimate of drug-likeness (QED) is 0.621. The maximum absolute atomic E-state index is 12.7. The normalized spacial score (nSPS) is 11.1. The van der Waals surface area contributed by atoms with Crippen molar-refractivity contribution in [2.24, 2.45) is 0 Å². The van der Waals surface area contributed by atoms with Crippen LogP contribution in [-0.2, 0) is 0 Å². The Labute approximate surface area is 136 Å². The van der Waals surface area contributed by atoms with E-state index in [9.17, 15) is 25.0 Å². The molecule has 0 aliphatic heterocycles. The van der Waals surface area contributed by atoms with E-state index < -0.39 is 21.0 Å². The Balaban J connectivity index is 3.16. The molecule has 0 saturated heterocycles. The van der Waals surface area contributed by atoms with Gasteiger partial charge in [-0.1, -0.05) is 13.8 Å². The highest BCUT2D eigenvalue weighted by molar-refractivity contribution is 5.90. The van der Waals surface area contributed by atoms with Gasteiger partial charge in [0.25, 0.3) is 17.0 Å². The summed E-state index contributed by atoms with van der Waals surface area (Å²) >= 11 is 0. The van der Waals surface area contributed by atoms with Crippen molar-refractivity contribution in [1.29, 1.82) is 0 Å². The molecule has 9 heteroatoms. The lowest BCUT2D eigenvalue weighted by molar-refractivity contribution is -0.386. The summed E-state index contributed by atoms with van der Waals surface area (Å²) in [5.41, 5.74) is -1.21. The first-order valence-corrected chi connectivity index (χ1v) is 7.18. The zero-order chi connectivity index (χ0) is 18.3. The number of fused-ring (bicyclic) bond motifs is 1. The molecule has 24 heavy (non-hydrogen) atoms. The third-order valence-corrected chi connectivity index (χ3v) is 3.79. The zero-order valence-corrected chi connectivity index (χ0v) is 13.9. The molecule has 0 aliphatic rings. The van der Waals surface area contributed by atoms with Crippen LogP contribution in [0.15, 0.2) is 15.3 Å². The Morgan fingerprint density at radius 1 is 1.17 bits per heavy atom. The van der Waals surface area contributed by atoms with Gasteiger partial charge in [-0.2, -0.15) is 0 Å². The second-order valence-electron chi connectivity index (χ2n) is 5.96. The minimum atomic E-state index is -0.881. The molecule has 0 spiro atoms. The number of hydrogen-bond donors (Lipinski definition) is 0. The first-order chi connectivity index (χ1) is 11.1. The minimum Gasteiger partial charge on any atom is -0.434 e. The summed E-state index contributed by atoms with van der Waals surface area (Å²) < 4.78 is 5.67. The number of nitro benzene ring substituents is 1. The molecule has 0 aliphatic carbocycles. The third-order valence-electron chi connectivity index (χ3n) is 3.79. The molecule has 128 valence electrons. The van der Waals surface area contributed by atoms with Crippen molar-refractivity contribution >= 4 is 28.2 Å². The fraction of sp³-hybridized carbons (Fsp3) is 0.400. The number of anilines is 1. The molecule has 0 amide bonds. The Kier molecular flexibility index (Phi) is 4.28. The Morgan fingerprint density at radius 2 is 1.75 bits per heavy atom. The molecule has 0 fully saturated rings. The number of rotatable bonds is 4. The van der Waals surface area contributed by atoms with Gasteiger partial charge in [0.05, 0.1) is 15.2 Å². The molecule has 0 saturated carbocycles. The van der Waals surface area contributed by atoms with E-state index in [4.69, 9.17) is 4.42 Å². The molecule has 9 nitrogen and oxygen atoms in total. The highest BCUT2D eigenvalue weighted by Crippen LogP contribution is 2.37. The number of nitro groups is 2. The lowest BCUT2D eigenvalue weighted by Gasteiger charge is -2.15. The van der Waals surface area contributed by atoms with E-state index >= 15 is 0 Å². The summed E-state index contributed by atoms with van der Waals surface area (Å²) in [7, 11) is 3.04. The van der Waals surface area contributed by atoms with Crippen LogP contribution in [0.25, 0.3) is 11.0 Å². The standard InChI is InChI=1S/C15H17N3O6/c1-7(2)9-6-10(17(20)21)8(3)11-13(19)12(18(22)23)15(16(4)5)24-14(9)11/h6-7H,1-5H3. The molecular formula is C15H17N3O6. The molecular weight excluding hydrogens is 318 g/mol. The molecule has 1 aromatic carbocycles. The highest BCUT2D eigenvalue weighted by atomic mass is 16.6. The van der Waals surface area contributed by atoms with E-state index in [0.717, 1.165) is 0 Å². The van der Waals surface area contributed by atoms with Crippen LogP contribution in [-0.4, -0.2) is 23.9 Å². The molecule has 0 radical (unpaired) electrons. The third kappa shape index (κ3) is 2.57. The Hall–Kier alpha value is -2.97. The molecule has 0 N–H and O–H groups in total. The van der Waals surface area contributed by atoms with Gasteiger partial charge in [0, 0.05) is 31.3 Å². The summed E-state index contributed by atoms with van der Waals surface area (Å²) in [6, 6.07) is 1.36. The molecule has 0 atom stereocenters. The van der Waals surface area contributed by atoms with Gasteiger partial charge >= 0.3 is 5.69 Å². The molecule has 1 heterocycles. The topological polar surface area (TPSA) is 120 Å². The predicted octanol–water partition coefficient (Wildman–Crippen LogP) is 3.11. The van der Waals surface area contributed by atoms with Crippen molar-refractivity contribution in [2.45, 2.75) is 26.7 Å². The molecule has 1 aromatic heterocycles. The van der Waals surface area contributed by atoms with Crippen molar-refractivity contribution in [2.75, 3.05) is 19.0 Å².